The second-order valence-corrected chi connectivity index (χ2v) is 4.06. The summed E-state index contributed by atoms with van der Waals surface area (Å²) in [4.78, 5) is 9.07. The Balaban J connectivity index is 3.08. The third-order valence-corrected chi connectivity index (χ3v) is 2.57. The molecule has 3 nitrogen and oxygen atoms in total. The van der Waals surface area contributed by atoms with Crippen molar-refractivity contribution in [2.75, 3.05) is 18.5 Å². The molecule has 0 unspecified atom stereocenters. The average molecular weight is 268 g/mol. The summed E-state index contributed by atoms with van der Waals surface area (Å²) in [6, 6.07) is 0. The van der Waals surface area contributed by atoms with Crippen molar-refractivity contribution in [2.24, 2.45) is 0 Å². The maximum absolute atomic E-state index is 12.3. The summed E-state index contributed by atoms with van der Waals surface area (Å²) < 4.78 is 36.9. The quantitative estimate of drug-likeness (QED) is 0.789. The van der Waals surface area contributed by atoms with Crippen LogP contribution in [0.15, 0.2) is 0 Å². The van der Waals surface area contributed by atoms with E-state index < -0.39 is 12.7 Å². The van der Waals surface area contributed by atoms with Crippen molar-refractivity contribution >= 4 is 17.4 Å². The fourth-order valence-corrected chi connectivity index (χ4v) is 1.58. The highest BCUT2D eigenvalue weighted by molar-refractivity contribution is 6.30. The van der Waals surface area contributed by atoms with Gasteiger partial charge in [-0.2, -0.15) is 13.2 Å². The van der Waals surface area contributed by atoms with Gasteiger partial charge in [-0.3, -0.25) is 0 Å². The molecule has 0 aromatic carbocycles. The van der Waals surface area contributed by atoms with Gasteiger partial charge in [0.2, 0.25) is 0 Å². The van der Waals surface area contributed by atoms with E-state index in [1.165, 1.54) is 7.05 Å². The number of aryl methyl sites for hydroxylation is 1. The minimum atomic E-state index is -4.27. The van der Waals surface area contributed by atoms with Crippen molar-refractivity contribution in [1.29, 1.82) is 0 Å². The molecule has 1 aromatic rings. The van der Waals surface area contributed by atoms with Crippen molar-refractivity contribution < 1.29 is 13.2 Å². The molecule has 96 valence electrons. The van der Waals surface area contributed by atoms with Gasteiger partial charge in [-0.05, 0) is 6.92 Å². The summed E-state index contributed by atoms with van der Waals surface area (Å²) in [7, 11) is 1.33. The first-order valence-corrected chi connectivity index (χ1v) is 5.43. The Morgan fingerprint density at radius 2 is 1.88 bits per heavy atom. The van der Waals surface area contributed by atoms with Gasteiger partial charge < -0.3 is 4.90 Å². The van der Waals surface area contributed by atoms with E-state index in [4.69, 9.17) is 11.6 Å². The number of hydrogen-bond acceptors (Lipinski definition) is 3. The maximum atomic E-state index is 12.3. The molecule has 0 spiro atoms. The number of nitrogens with zero attached hydrogens (tertiary/aromatic N) is 3. The summed E-state index contributed by atoms with van der Waals surface area (Å²) in [5, 5.41) is 0.195. The Kier molecular flexibility index (Phi) is 4.19. The van der Waals surface area contributed by atoms with Gasteiger partial charge in [0.25, 0.3) is 0 Å². The number of rotatable bonds is 3. The second kappa shape index (κ2) is 5.08. The minimum absolute atomic E-state index is 0.195. The van der Waals surface area contributed by atoms with E-state index in [-0.39, 0.29) is 11.0 Å². The third-order valence-electron chi connectivity index (χ3n) is 2.20. The minimum Gasteiger partial charge on any atom is -0.350 e. The summed E-state index contributed by atoms with van der Waals surface area (Å²) in [6.45, 7) is 2.35. The predicted octanol–water partition coefficient (Wildman–Crippen LogP) is 3.00. The zero-order valence-corrected chi connectivity index (χ0v) is 10.5. The Hall–Kier alpha value is -1.04. The molecule has 0 radical (unpaired) electrons. The van der Waals surface area contributed by atoms with Gasteiger partial charge in [-0.15, -0.1) is 0 Å². The molecule has 0 fully saturated rings. The lowest BCUT2D eigenvalue weighted by Gasteiger charge is -2.22. The van der Waals surface area contributed by atoms with Crippen molar-refractivity contribution in [3.05, 3.63) is 16.5 Å². The van der Waals surface area contributed by atoms with Crippen molar-refractivity contribution in [3.63, 3.8) is 0 Å². The van der Waals surface area contributed by atoms with Crippen LogP contribution >= 0.6 is 11.6 Å². The van der Waals surface area contributed by atoms with Crippen LogP contribution in [0.3, 0.4) is 0 Å². The highest BCUT2D eigenvalue weighted by Gasteiger charge is 2.30. The molecule has 7 heteroatoms. The molecule has 0 saturated carbocycles. The zero-order valence-electron chi connectivity index (χ0n) is 9.77. The fourth-order valence-electron chi connectivity index (χ4n) is 1.39. The second-order valence-electron chi connectivity index (χ2n) is 3.70. The Morgan fingerprint density at radius 3 is 2.35 bits per heavy atom. The Morgan fingerprint density at radius 1 is 1.29 bits per heavy atom. The smallest absolute Gasteiger partial charge is 0.350 e. The number of halogens is 4. The molecule has 1 aromatic heterocycles. The third kappa shape index (κ3) is 3.73. The van der Waals surface area contributed by atoms with Gasteiger partial charge in [-0.1, -0.05) is 18.5 Å². The summed E-state index contributed by atoms with van der Waals surface area (Å²) >= 11 is 5.85. The zero-order chi connectivity index (χ0) is 13.2. The molecule has 0 aliphatic rings. The number of aromatic nitrogens is 2. The van der Waals surface area contributed by atoms with E-state index >= 15 is 0 Å². The van der Waals surface area contributed by atoms with Gasteiger partial charge in [0.05, 0.1) is 0 Å². The number of anilines is 1. The first-order valence-electron chi connectivity index (χ1n) is 5.05. The molecular weight excluding hydrogens is 255 g/mol. The van der Waals surface area contributed by atoms with Gasteiger partial charge in [0.1, 0.15) is 23.3 Å². The molecule has 0 bridgehead atoms. The van der Waals surface area contributed by atoms with Crippen LogP contribution in [0.4, 0.5) is 19.0 Å². The van der Waals surface area contributed by atoms with Crippen molar-refractivity contribution in [2.45, 2.75) is 26.4 Å². The molecule has 0 aliphatic heterocycles. The lowest BCUT2D eigenvalue weighted by molar-refractivity contribution is -0.119. The van der Waals surface area contributed by atoms with Crippen LogP contribution in [0.1, 0.15) is 18.3 Å². The van der Waals surface area contributed by atoms with Crippen LogP contribution in [0.5, 0.6) is 0 Å². The molecule has 17 heavy (non-hydrogen) atoms. The van der Waals surface area contributed by atoms with Gasteiger partial charge in [-0.25, -0.2) is 9.97 Å². The van der Waals surface area contributed by atoms with Crippen LogP contribution in [0.2, 0.25) is 5.15 Å². The Bertz CT molecular complexity index is 407. The number of hydrogen-bond donors (Lipinski definition) is 0. The normalized spacial score (nSPS) is 11.7. The van der Waals surface area contributed by atoms with Gasteiger partial charge in [0.15, 0.2) is 0 Å². The van der Waals surface area contributed by atoms with E-state index in [0.29, 0.717) is 17.8 Å². The molecule has 0 amide bonds. The molecule has 1 heterocycles. The first-order chi connectivity index (χ1) is 7.74. The lowest BCUT2D eigenvalue weighted by atomic mass is 10.3. The molecule has 1 rings (SSSR count). The van der Waals surface area contributed by atoms with E-state index in [1.807, 2.05) is 6.92 Å². The van der Waals surface area contributed by atoms with E-state index in [0.717, 1.165) is 4.90 Å². The lowest BCUT2D eigenvalue weighted by Crippen LogP contribution is -2.32. The SMILES string of the molecule is CCc1nc(Cl)c(C)c(N(C)CC(F)(F)F)n1. The van der Waals surface area contributed by atoms with Crippen LogP contribution < -0.4 is 4.90 Å². The molecule has 0 atom stereocenters. The van der Waals surface area contributed by atoms with Gasteiger partial charge in [0, 0.05) is 19.0 Å². The molecular formula is C10H13ClF3N3. The standard InChI is InChI=1S/C10H13ClF3N3/c1-4-7-15-8(11)6(2)9(16-7)17(3)5-10(12,13)14/h4-5H2,1-3H3. The van der Waals surface area contributed by atoms with Crippen LogP contribution in [0, 0.1) is 6.92 Å². The van der Waals surface area contributed by atoms with E-state index in [2.05, 4.69) is 9.97 Å². The predicted molar refractivity (Wildman–Crippen MR) is 60.5 cm³/mol. The largest absolute Gasteiger partial charge is 0.405 e. The fraction of sp³-hybridized carbons (Fsp3) is 0.600. The van der Waals surface area contributed by atoms with Gasteiger partial charge >= 0.3 is 6.18 Å². The molecule has 0 N–H and O–H groups in total. The topological polar surface area (TPSA) is 29.0 Å². The summed E-state index contributed by atoms with van der Waals surface area (Å²) in [5.74, 6) is 0.656. The summed E-state index contributed by atoms with van der Waals surface area (Å²) in [5.41, 5.74) is 0.454. The van der Waals surface area contributed by atoms with Crippen LogP contribution in [-0.4, -0.2) is 29.7 Å². The average Bonchev–Trinajstić information content (AvgIpc) is 2.19. The summed E-state index contributed by atoms with van der Waals surface area (Å²) in [6.07, 6.45) is -3.75. The van der Waals surface area contributed by atoms with Crippen LogP contribution in [0.25, 0.3) is 0 Å². The highest BCUT2D eigenvalue weighted by atomic mass is 35.5. The maximum Gasteiger partial charge on any atom is 0.405 e. The van der Waals surface area contributed by atoms with E-state index in [1.54, 1.807) is 6.92 Å². The number of alkyl halides is 3. The Labute approximate surface area is 103 Å². The monoisotopic (exact) mass is 267 g/mol. The van der Waals surface area contributed by atoms with Crippen molar-refractivity contribution in [1.82, 2.24) is 9.97 Å². The molecule has 0 aliphatic carbocycles. The van der Waals surface area contributed by atoms with Crippen molar-refractivity contribution in [3.8, 4) is 0 Å². The highest BCUT2D eigenvalue weighted by Crippen LogP contribution is 2.25. The molecule has 0 saturated heterocycles. The van der Waals surface area contributed by atoms with E-state index in [9.17, 15) is 13.2 Å². The van der Waals surface area contributed by atoms with Crippen LogP contribution in [-0.2, 0) is 6.42 Å². The first kappa shape index (κ1) is 14.0.